The Hall–Kier alpha value is -0.930. The van der Waals surface area contributed by atoms with Crippen molar-refractivity contribution in [3.8, 4) is 0 Å². The number of aromatic nitrogens is 1. The lowest BCUT2D eigenvalue weighted by Crippen LogP contribution is -2.63. The number of rotatable bonds is 4. The van der Waals surface area contributed by atoms with Gasteiger partial charge in [-0.15, -0.1) is 0 Å². The summed E-state index contributed by atoms with van der Waals surface area (Å²) in [7, 11) is 0. The SMILES string of the molecule is CCC1CNC2(CCCC2)CN1CCc1ccncc1. The number of pyridine rings is 1. The van der Waals surface area contributed by atoms with Crippen LogP contribution in [0, 0.1) is 0 Å². The van der Waals surface area contributed by atoms with E-state index >= 15 is 0 Å². The first-order valence-corrected chi connectivity index (χ1v) is 8.19. The summed E-state index contributed by atoms with van der Waals surface area (Å²) in [5.41, 5.74) is 1.85. The van der Waals surface area contributed by atoms with Gasteiger partial charge in [0.2, 0.25) is 0 Å². The minimum Gasteiger partial charge on any atom is -0.308 e. The van der Waals surface area contributed by atoms with E-state index in [1.54, 1.807) is 0 Å². The molecule has 1 aromatic heterocycles. The number of nitrogens with one attached hydrogen (secondary N) is 1. The first kappa shape index (κ1) is 14.0. The normalized spacial score (nSPS) is 26.1. The summed E-state index contributed by atoms with van der Waals surface area (Å²) in [6.45, 7) is 5.92. The average Bonchev–Trinajstić information content (AvgIpc) is 2.94. The van der Waals surface area contributed by atoms with E-state index < -0.39 is 0 Å². The van der Waals surface area contributed by atoms with Crippen molar-refractivity contribution in [2.75, 3.05) is 19.6 Å². The topological polar surface area (TPSA) is 28.2 Å². The highest BCUT2D eigenvalue weighted by molar-refractivity contribution is 5.10. The van der Waals surface area contributed by atoms with Crippen molar-refractivity contribution in [1.82, 2.24) is 15.2 Å². The molecule has 1 saturated heterocycles. The van der Waals surface area contributed by atoms with Gasteiger partial charge in [-0.05, 0) is 43.4 Å². The third-order valence-corrected chi connectivity index (χ3v) is 5.20. The minimum atomic E-state index is 0.434. The van der Waals surface area contributed by atoms with Crippen LogP contribution in [0.25, 0.3) is 0 Å². The highest BCUT2D eigenvalue weighted by Crippen LogP contribution is 2.33. The second-order valence-corrected chi connectivity index (χ2v) is 6.51. The molecule has 2 fully saturated rings. The molecule has 1 aromatic rings. The molecule has 1 spiro atoms. The van der Waals surface area contributed by atoms with Gasteiger partial charge in [0.25, 0.3) is 0 Å². The van der Waals surface area contributed by atoms with Crippen LogP contribution in [-0.4, -0.2) is 41.1 Å². The van der Waals surface area contributed by atoms with Gasteiger partial charge in [-0.1, -0.05) is 19.8 Å². The molecule has 2 aliphatic rings. The molecule has 3 nitrogen and oxygen atoms in total. The molecule has 1 atom stereocenters. The monoisotopic (exact) mass is 273 g/mol. The second kappa shape index (κ2) is 6.23. The summed E-state index contributed by atoms with van der Waals surface area (Å²) >= 11 is 0. The van der Waals surface area contributed by atoms with Crippen LogP contribution in [-0.2, 0) is 6.42 Å². The van der Waals surface area contributed by atoms with E-state index in [0.717, 1.165) is 6.42 Å². The summed E-state index contributed by atoms with van der Waals surface area (Å²) in [6.07, 6.45) is 11.8. The molecule has 1 saturated carbocycles. The van der Waals surface area contributed by atoms with Crippen LogP contribution in [0.5, 0.6) is 0 Å². The maximum Gasteiger partial charge on any atom is 0.0309 e. The van der Waals surface area contributed by atoms with Gasteiger partial charge < -0.3 is 5.32 Å². The van der Waals surface area contributed by atoms with Gasteiger partial charge in [-0.3, -0.25) is 9.88 Å². The first-order valence-electron chi connectivity index (χ1n) is 8.19. The Morgan fingerprint density at radius 1 is 1.30 bits per heavy atom. The quantitative estimate of drug-likeness (QED) is 0.914. The molecule has 0 amide bonds. The maximum absolute atomic E-state index is 4.11. The fourth-order valence-corrected chi connectivity index (χ4v) is 3.91. The molecule has 0 bridgehead atoms. The predicted octanol–water partition coefficient (Wildman–Crippen LogP) is 2.62. The van der Waals surface area contributed by atoms with E-state index in [4.69, 9.17) is 0 Å². The zero-order valence-electron chi connectivity index (χ0n) is 12.6. The van der Waals surface area contributed by atoms with Gasteiger partial charge in [0.05, 0.1) is 0 Å². The van der Waals surface area contributed by atoms with Crippen molar-refractivity contribution in [1.29, 1.82) is 0 Å². The van der Waals surface area contributed by atoms with Crippen LogP contribution in [0.2, 0.25) is 0 Å². The highest BCUT2D eigenvalue weighted by Gasteiger charge is 2.40. The van der Waals surface area contributed by atoms with Crippen LogP contribution in [0.3, 0.4) is 0 Å². The third-order valence-electron chi connectivity index (χ3n) is 5.20. The average molecular weight is 273 g/mol. The van der Waals surface area contributed by atoms with Gasteiger partial charge >= 0.3 is 0 Å². The lowest BCUT2D eigenvalue weighted by atomic mass is 9.91. The molecule has 1 N–H and O–H groups in total. The van der Waals surface area contributed by atoms with E-state index in [1.165, 1.54) is 57.3 Å². The van der Waals surface area contributed by atoms with Crippen LogP contribution in [0.4, 0.5) is 0 Å². The van der Waals surface area contributed by atoms with Crippen LogP contribution >= 0.6 is 0 Å². The zero-order valence-corrected chi connectivity index (χ0v) is 12.6. The summed E-state index contributed by atoms with van der Waals surface area (Å²) in [6, 6.07) is 5.01. The predicted molar refractivity (Wildman–Crippen MR) is 82.8 cm³/mol. The molecule has 0 aromatic carbocycles. The number of piperazine rings is 1. The highest BCUT2D eigenvalue weighted by atomic mass is 15.3. The van der Waals surface area contributed by atoms with Gasteiger partial charge in [-0.25, -0.2) is 0 Å². The van der Waals surface area contributed by atoms with Crippen LogP contribution in [0.15, 0.2) is 24.5 Å². The largest absolute Gasteiger partial charge is 0.308 e. The molecule has 3 rings (SSSR count). The number of nitrogens with zero attached hydrogens (tertiary/aromatic N) is 2. The van der Waals surface area contributed by atoms with E-state index in [-0.39, 0.29) is 0 Å². The molecule has 3 heteroatoms. The van der Waals surface area contributed by atoms with Gasteiger partial charge in [-0.2, -0.15) is 0 Å². The Labute approximate surface area is 122 Å². The molecule has 2 heterocycles. The molecule has 1 aliphatic carbocycles. The minimum absolute atomic E-state index is 0.434. The molecular formula is C17H27N3. The van der Waals surface area contributed by atoms with E-state index in [9.17, 15) is 0 Å². The van der Waals surface area contributed by atoms with Crippen molar-refractivity contribution in [2.45, 2.75) is 57.0 Å². The summed E-state index contributed by atoms with van der Waals surface area (Å²) in [4.78, 5) is 6.84. The Kier molecular flexibility index (Phi) is 4.37. The number of hydrogen-bond donors (Lipinski definition) is 1. The van der Waals surface area contributed by atoms with E-state index in [1.807, 2.05) is 12.4 Å². The zero-order chi connectivity index (χ0) is 13.8. The lowest BCUT2D eigenvalue weighted by molar-refractivity contribution is 0.0794. The Morgan fingerprint density at radius 2 is 2.05 bits per heavy atom. The fourth-order valence-electron chi connectivity index (χ4n) is 3.91. The number of hydrogen-bond acceptors (Lipinski definition) is 3. The van der Waals surface area contributed by atoms with Crippen molar-refractivity contribution < 1.29 is 0 Å². The molecule has 20 heavy (non-hydrogen) atoms. The lowest BCUT2D eigenvalue weighted by Gasteiger charge is -2.46. The molecule has 0 radical (unpaired) electrons. The Balaban J connectivity index is 1.62. The van der Waals surface area contributed by atoms with Crippen LogP contribution in [0.1, 0.15) is 44.6 Å². The van der Waals surface area contributed by atoms with Crippen molar-refractivity contribution in [2.24, 2.45) is 0 Å². The molecule has 110 valence electrons. The standard InChI is InChI=1S/C17H27N3/c1-2-16-13-19-17(8-3-4-9-17)14-20(16)12-7-15-5-10-18-11-6-15/h5-6,10-11,16,19H,2-4,7-9,12-14H2,1H3. The van der Waals surface area contributed by atoms with Gasteiger partial charge in [0.15, 0.2) is 0 Å². The smallest absolute Gasteiger partial charge is 0.0309 e. The summed E-state index contributed by atoms with van der Waals surface area (Å²) < 4.78 is 0. The molecular weight excluding hydrogens is 246 g/mol. The van der Waals surface area contributed by atoms with E-state index in [2.05, 4.69) is 34.3 Å². The summed E-state index contributed by atoms with van der Waals surface area (Å²) in [5, 5.41) is 3.87. The Morgan fingerprint density at radius 3 is 2.75 bits per heavy atom. The van der Waals surface area contributed by atoms with Crippen LogP contribution < -0.4 is 5.32 Å². The van der Waals surface area contributed by atoms with Crippen molar-refractivity contribution >= 4 is 0 Å². The van der Waals surface area contributed by atoms with Gasteiger partial charge in [0, 0.05) is 43.6 Å². The molecule has 1 unspecified atom stereocenters. The Bertz CT molecular complexity index is 412. The summed E-state index contributed by atoms with van der Waals surface area (Å²) in [5.74, 6) is 0. The fraction of sp³-hybridized carbons (Fsp3) is 0.706. The van der Waals surface area contributed by atoms with Gasteiger partial charge in [0.1, 0.15) is 0 Å². The van der Waals surface area contributed by atoms with Crippen molar-refractivity contribution in [3.63, 3.8) is 0 Å². The first-order chi connectivity index (χ1) is 9.81. The van der Waals surface area contributed by atoms with Crippen molar-refractivity contribution in [3.05, 3.63) is 30.1 Å². The van der Waals surface area contributed by atoms with E-state index in [0.29, 0.717) is 11.6 Å². The second-order valence-electron chi connectivity index (χ2n) is 6.51. The third kappa shape index (κ3) is 3.04. The maximum atomic E-state index is 4.11. The molecule has 1 aliphatic heterocycles.